The molecule has 7 nitrogen and oxygen atoms in total. The third kappa shape index (κ3) is 6.75. The third-order valence-electron chi connectivity index (χ3n) is 6.17. The number of unbranched alkanes of at least 4 members (excludes halogenated alkanes) is 3. The first-order valence-corrected chi connectivity index (χ1v) is 14.1. The van der Waals surface area contributed by atoms with Gasteiger partial charge in [0.25, 0.3) is 0 Å². The first kappa shape index (κ1) is 27.7. The Morgan fingerprint density at radius 2 is 1.89 bits per heavy atom. The van der Waals surface area contributed by atoms with E-state index in [0.717, 1.165) is 24.2 Å². The molecule has 0 bridgehead atoms. The van der Waals surface area contributed by atoms with Gasteiger partial charge in [-0.05, 0) is 56.5 Å². The summed E-state index contributed by atoms with van der Waals surface area (Å²) >= 11 is 1.34. The second kappa shape index (κ2) is 13.0. The summed E-state index contributed by atoms with van der Waals surface area (Å²) in [6, 6.07) is 13.9. The van der Waals surface area contributed by atoms with Crippen LogP contribution < -0.4 is 10.1 Å². The molecule has 4 rings (SSSR count). The Labute approximate surface area is 227 Å². The van der Waals surface area contributed by atoms with E-state index in [2.05, 4.69) is 17.2 Å². The number of halogens is 1. The van der Waals surface area contributed by atoms with Gasteiger partial charge in [0.15, 0.2) is 0 Å². The first-order chi connectivity index (χ1) is 18.4. The van der Waals surface area contributed by atoms with Crippen molar-refractivity contribution >= 4 is 23.7 Å². The fraction of sp³-hybridized carbons (Fsp3) is 0.414. The number of hydrogen-bond donors (Lipinski definition) is 1. The fourth-order valence-corrected chi connectivity index (χ4v) is 5.08. The highest BCUT2D eigenvalue weighted by Crippen LogP contribution is 2.37. The Morgan fingerprint density at radius 1 is 1.13 bits per heavy atom. The van der Waals surface area contributed by atoms with Gasteiger partial charge in [-0.3, -0.25) is 0 Å². The van der Waals surface area contributed by atoms with Gasteiger partial charge < -0.3 is 14.8 Å². The van der Waals surface area contributed by atoms with Gasteiger partial charge in [0.05, 0.1) is 18.3 Å². The molecule has 0 spiro atoms. The van der Waals surface area contributed by atoms with Gasteiger partial charge in [-0.15, -0.1) is 5.10 Å². The molecule has 1 aliphatic heterocycles. The molecule has 0 fully saturated rings. The van der Waals surface area contributed by atoms with E-state index in [1.807, 2.05) is 45.0 Å². The number of carbonyl (C=O) groups is 1. The molecule has 0 saturated carbocycles. The average Bonchev–Trinajstić information content (AvgIpc) is 3.29. The lowest BCUT2D eigenvalue weighted by molar-refractivity contribution is -0.143. The van der Waals surface area contributed by atoms with Crippen LogP contribution in [0.3, 0.4) is 0 Å². The minimum Gasteiger partial charge on any atom is -0.494 e. The summed E-state index contributed by atoms with van der Waals surface area (Å²) in [4.78, 5) is 17.8. The molecule has 0 saturated heterocycles. The molecule has 9 heteroatoms. The summed E-state index contributed by atoms with van der Waals surface area (Å²) in [5, 5.41) is 8.40. The molecule has 2 heterocycles. The van der Waals surface area contributed by atoms with E-state index in [1.165, 1.54) is 30.7 Å². The number of aromatic nitrogens is 3. The van der Waals surface area contributed by atoms with E-state index in [0.29, 0.717) is 40.3 Å². The van der Waals surface area contributed by atoms with Crippen LogP contribution in [0.2, 0.25) is 0 Å². The van der Waals surface area contributed by atoms with Gasteiger partial charge in [-0.1, -0.05) is 68.3 Å². The van der Waals surface area contributed by atoms with Crippen LogP contribution in [-0.4, -0.2) is 33.4 Å². The predicted molar refractivity (Wildman–Crippen MR) is 148 cm³/mol. The van der Waals surface area contributed by atoms with Gasteiger partial charge >= 0.3 is 5.97 Å². The van der Waals surface area contributed by atoms with Crippen molar-refractivity contribution in [1.82, 2.24) is 14.8 Å². The zero-order valence-corrected chi connectivity index (χ0v) is 23.2. The second-order valence-corrected chi connectivity index (χ2v) is 10.5. The van der Waals surface area contributed by atoms with Crippen molar-refractivity contribution in [2.45, 2.75) is 76.4 Å². The number of fused-ring (bicyclic) bond motifs is 1. The van der Waals surface area contributed by atoms with Crippen LogP contribution in [-0.2, 0) is 15.3 Å². The SMILES string of the molecule is CCCCCCOc1ccc(C2C(C(=O)OC(C)C)=C(C)Nc3nc(SCc4ccccc4F)nn32)cc1. The molecule has 1 aromatic heterocycles. The molecule has 1 aliphatic rings. The Kier molecular flexibility index (Phi) is 9.44. The number of nitrogens with zero attached hydrogens (tertiary/aromatic N) is 3. The molecule has 0 radical (unpaired) electrons. The number of rotatable bonds is 12. The molecule has 0 amide bonds. The van der Waals surface area contributed by atoms with E-state index in [1.54, 1.807) is 22.9 Å². The minimum absolute atomic E-state index is 0.260. The van der Waals surface area contributed by atoms with E-state index in [-0.39, 0.29) is 11.9 Å². The van der Waals surface area contributed by atoms with Crippen LogP contribution in [0.25, 0.3) is 0 Å². The number of ether oxygens (including phenoxy) is 2. The van der Waals surface area contributed by atoms with Gasteiger partial charge in [-0.25, -0.2) is 13.9 Å². The van der Waals surface area contributed by atoms with Crippen molar-refractivity contribution in [2.75, 3.05) is 11.9 Å². The number of thioether (sulfide) groups is 1. The molecular weight excluding hydrogens is 503 g/mol. The van der Waals surface area contributed by atoms with Crippen molar-refractivity contribution in [3.8, 4) is 5.75 Å². The van der Waals surface area contributed by atoms with Crippen molar-refractivity contribution in [2.24, 2.45) is 0 Å². The number of benzene rings is 2. The Balaban J connectivity index is 1.59. The number of esters is 1. The largest absolute Gasteiger partial charge is 0.494 e. The summed E-state index contributed by atoms with van der Waals surface area (Å²) < 4.78 is 27.3. The van der Waals surface area contributed by atoms with Crippen molar-refractivity contribution in [1.29, 1.82) is 0 Å². The number of anilines is 1. The van der Waals surface area contributed by atoms with Gasteiger partial charge in [0, 0.05) is 11.4 Å². The van der Waals surface area contributed by atoms with Crippen LogP contribution in [0, 0.1) is 5.82 Å². The Bertz CT molecular complexity index is 1270. The summed E-state index contributed by atoms with van der Waals surface area (Å²) in [6.07, 6.45) is 4.30. The molecule has 2 aromatic carbocycles. The normalized spacial score (nSPS) is 14.8. The van der Waals surface area contributed by atoms with E-state index >= 15 is 0 Å². The smallest absolute Gasteiger partial charge is 0.338 e. The molecule has 0 aliphatic carbocycles. The van der Waals surface area contributed by atoms with Crippen LogP contribution in [0.4, 0.5) is 10.3 Å². The molecule has 202 valence electrons. The molecule has 1 atom stereocenters. The zero-order chi connectivity index (χ0) is 27.1. The highest BCUT2D eigenvalue weighted by Gasteiger charge is 2.35. The maximum atomic E-state index is 14.1. The van der Waals surface area contributed by atoms with Crippen molar-refractivity contribution < 1.29 is 18.7 Å². The lowest BCUT2D eigenvalue weighted by atomic mass is 9.95. The molecule has 38 heavy (non-hydrogen) atoms. The molecule has 3 aromatic rings. The highest BCUT2D eigenvalue weighted by atomic mass is 32.2. The van der Waals surface area contributed by atoms with Crippen LogP contribution in [0.15, 0.2) is 65.0 Å². The van der Waals surface area contributed by atoms with E-state index in [4.69, 9.17) is 14.6 Å². The molecular formula is C29H35FN4O3S. The summed E-state index contributed by atoms with van der Waals surface area (Å²) in [5.74, 6) is 1.02. The minimum atomic E-state index is -0.536. The predicted octanol–water partition coefficient (Wildman–Crippen LogP) is 6.91. The van der Waals surface area contributed by atoms with Crippen molar-refractivity contribution in [3.05, 3.63) is 76.7 Å². The monoisotopic (exact) mass is 538 g/mol. The first-order valence-electron chi connectivity index (χ1n) is 13.1. The average molecular weight is 539 g/mol. The zero-order valence-electron chi connectivity index (χ0n) is 22.4. The second-order valence-electron chi connectivity index (χ2n) is 9.54. The Hall–Kier alpha value is -3.33. The van der Waals surface area contributed by atoms with Crippen LogP contribution in [0.5, 0.6) is 5.75 Å². The standard InChI is InChI=1S/C29H35FN4O3S/c1-5-6-7-10-17-36-23-15-13-21(14-16-23)26-25(27(35)37-19(2)3)20(4)31-28-32-29(33-34(26)28)38-18-22-11-8-9-12-24(22)30/h8-9,11-16,19,26H,5-7,10,17-18H2,1-4H3,(H,31,32,33). The summed E-state index contributed by atoms with van der Waals surface area (Å²) in [6.45, 7) is 8.34. The summed E-state index contributed by atoms with van der Waals surface area (Å²) in [5.41, 5.74) is 2.56. The van der Waals surface area contributed by atoms with E-state index in [9.17, 15) is 9.18 Å². The maximum Gasteiger partial charge on any atom is 0.338 e. The van der Waals surface area contributed by atoms with Gasteiger partial charge in [-0.2, -0.15) is 4.98 Å². The van der Waals surface area contributed by atoms with Crippen LogP contribution >= 0.6 is 11.8 Å². The maximum absolute atomic E-state index is 14.1. The fourth-order valence-electron chi connectivity index (χ4n) is 4.27. The lowest BCUT2D eigenvalue weighted by Crippen LogP contribution is -2.30. The third-order valence-corrected chi connectivity index (χ3v) is 7.06. The highest BCUT2D eigenvalue weighted by molar-refractivity contribution is 7.98. The van der Waals surface area contributed by atoms with Gasteiger partial charge in [0.1, 0.15) is 17.6 Å². The van der Waals surface area contributed by atoms with Crippen molar-refractivity contribution in [3.63, 3.8) is 0 Å². The lowest BCUT2D eigenvalue weighted by Gasteiger charge is -2.28. The molecule has 1 unspecified atom stereocenters. The number of carbonyl (C=O) groups excluding carboxylic acids is 1. The number of hydrogen-bond acceptors (Lipinski definition) is 7. The number of nitrogens with one attached hydrogen (secondary N) is 1. The van der Waals surface area contributed by atoms with Crippen LogP contribution in [0.1, 0.15) is 70.5 Å². The molecule has 1 N–H and O–H groups in total. The van der Waals surface area contributed by atoms with E-state index < -0.39 is 12.0 Å². The Morgan fingerprint density at radius 3 is 2.61 bits per heavy atom. The quantitative estimate of drug-likeness (QED) is 0.152. The topological polar surface area (TPSA) is 78.3 Å². The summed E-state index contributed by atoms with van der Waals surface area (Å²) in [7, 11) is 0. The number of allylic oxidation sites excluding steroid dienone is 1. The van der Waals surface area contributed by atoms with Gasteiger partial charge in [0.2, 0.25) is 11.1 Å².